The van der Waals surface area contributed by atoms with Crippen molar-refractivity contribution in [2.45, 2.75) is 18.8 Å². The van der Waals surface area contributed by atoms with Crippen molar-refractivity contribution in [3.63, 3.8) is 0 Å². The molecular formula is C19H24N4O3. The Kier molecular flexibility index (Phi) is 5.68. The lowest BCUT2D eigenvalue weighted by atomic mass is 9.91. The number of piperidine rings is 1. The largest absolute Gasteiger partial charge is 0.351 e. The van der Waals surface area contributed by atoms with Crippen molar-refractivity contribution in [1.29, 1.82) is 0 Å². The molecule has 3 rings (SSSR count). The molecule has 138 valence electrons. The molecule has 1 aliphatic heterocycles. The molecule has 1 fully saturated rings. The summed E-state index contributed by atoms with van der Waals surface area (Å²) in [5.41, 5.74) is 0.116. The SMILES string of the molecule is Cn1cc(C(=O)NCCN2CCCC(c3ccccc3)C2)c(=O)[nH]c1=O. The smallest absolute Gasteiger partial charge is 0.328 e. The molecule has 1 aromatic carbocycles. The van der Waals surface area contributed by atoms with Crippen LogP contribution in [0.4, 0.5) is 0 Å². The van der Waals surface area contributed by atoms with Gasteiger partial charge < -0.3 is 14.8 Å². The van der Waals surface area contributed by atoms with Crippen molar-refractivity contribution < 1.29 is 4.79 Å². The normalized spacial score (nSPS) is 17.8. The first kappa shape index (κ1) is 18.1. The monoisotopic (exact) mass is 356 g/mol. The highest BCUT2D eigenvalue weighted by Gasteiger charge is 2.21. The number of rotatable bonds is 5. The van der Waals surface area contributed by atoms with E-state index in [1.165, 1.54) is 29.8 Å². The number of hydrogen-bond acceptors (Lipinski definition) is 4. The molecular weight excluding hydrogens is 332 g/mol. The third-order valence-electron chi connectivity index (χ3n) is 4.84. The number of nitrogens with zero attached hydrogens (tertiary/aromatic N) is 2. The van der Waals surface area contributed by atoms with Crippen molar-refractivity contribution in [1.82, 2.24) is 19.8 Å². The van der Waals surface area contributed by atoms with E-state index in [-0.39, 0.29) is 5.56 Å². The Hall–Kier alpha value is -2.67. The zero-order valence-electron chi connectivity index (χ0n) is 14.9. The van der Waals surface area contributed by atoms with E-state index in [0.29, 0.717) is 12.5 Å². The lowest BCUT2D eigenvalue weighted by Gasteiger charge is -2.33. The van der Waals surface area contributed by atoms with E-state index in [4.69, 9.17) is 0 Å². The number of carbonyl (C=O) groups excluding carboxylic acids is 1. The van der Waals surface area contributed by atoms with Crippen LogP contribution < -0.4 is 16.6 Å². The van der Waals surface area contributed by atoms with E-state index in [1.54, 1.807) is 0 Å². The Labute approximate surface area is 151 Å². The van der Waals surface area contributed by atoms with Crippen LogP contribution in [0.5, 0.6) is 0 Å². The second-order valence-corrected chi connectivity index (χ2v) is 6.72. The second kappa shape index (κ2) is 8.14. The average molecular weight is 356 g/mol. The van der Waals surface area contributed by atoms with Crippen molar-refractivity contribution in [2.75, 3.05) is 26.2 Å². The Bertz CT molecular complexity index is 872. The Morgan fingerprint density at radius 1 is 1.27 bits per heavy atom. The maximum atomic E-state index is 12.2. The summed E-state index contributed by atoms with van der Waals surface area (Å²) in [4.78, 5) is 39.8. The fraction of sp³-hybridized carbons (Fsp3) is 0.421. The van der Waals surface area contributed by atoms with Crippen LogP contribution in [0.3, 0.4) is 0 Å². The lowest BCUT2D eigenvalue weighted by Crippen LogP contribution is -2.41. The Balaban J connectivity index is 1.53. The van der Waals surface area contributed by atoms with Crippen molar-refractivity contribution in [3.8, 4) is 0 Å². The fourth-order valence-electron chi connectivity index (χ4n) is 3.40. The molecule has 0 aliphatic carbocycles. The van der Waals surface area contributed by atoms with Gasteiger partial charge >= 0.3 is 5.69 Å². The van der Waals surface area contributed by atoms with Crippen LogP contribution in [0.25, 0.3) is 0 Å². The molecule has 0 bridgehead atoms. The van der Waals surface area contributed by atoms with Crippen molar-refractivity contribution in [2.24, 2.45) is 7.05 Å². The van der Waals surface area contributed by atoms with E-state index in [0.717, 1.165) is 26.1 Å². The topological polar surface area (TPSA) is 87.2 Å². The zero-order chi connectivity index (χ0) is 18.5. The highest BCUT2D eigenvalue weighted by molar-refractivity contribution is 5.93. The predicted octanol–water partition coefficient (Wildman–Crippen LogP) is 0.683. The van der Waals surface area contributed by atoms with Gasteiger partial charge in [-0.05, 0) is 30.9 Å². The molecule has 1 aromatic heterocycles. The molecule has 1 atom stereocenters. The molecule has 7 nitrogen and oxygen atoms in total. The van der Waals surface area contributed by atoms with E-state index >= 15 is 0 Å². The maximum absolute atomic E-state index is 12.2. The number of benzene rings is 1. The summed E-state index contributed by atoms with van der Waals surface area (Å²) in [6.07, 6.45) is 3.58. The standard InChI is InChI=1S/C19H24N4O3/c1-22-13-16(18(25)21-19(22)26)17(24)20-9-11-23-10-5-8-15(12-23)14-6-3-2-4-7-14/h2-4,6-7,13,15H,5,8-12H2,1H3,(H,20,24)(H,21,25,26). The number of H-pyrrole nitrogens is 1. The van der Waals surface area contributed by atoms with Crippen LogP contribution in [-0.2, 0) is 7.05 Å². The summed E-state index contributed by atoms with van der Waals surface area (Å²) in [5.74, 6) is 0.0608. The third kappa shape index (κ3) is 4.29. The number of amides is 1. The van der Waals surface area contributed by atoms with Gasteiger partial charge in [-0.1, -0.05) is 30.3 Å². The molecule has 1 amide bonds. The van der Waals surface area contributed by atoms with Gasteiger partial charge in [-0.25, -0.2) is 4.79 Å². The summed E-state index contributed by atoms with van der Waals surface area (Å²) in [6, 6.07) is 10.5. The molecule has 0 radical (unpaired) electrons. The maximum Gasteiger partial charge on any atom is 0.328 e. The van der Waals surface area contributed by atoms with Gasteiger partial charge in [-0.3, -0.25) is 14.6 Å². The molecule has 1 unspecified atom stereocenters. The van der Waals surface area contributed by atoms with Crippen LogP contribution in [0, 0.1) is 0 Å². The fourth-order valence-corrected chi connectivity index (χ4v) is 3.40. The molecule has 2 aromatic rings. The van der Waals surface area contributed by atoms with Gasteiger partial charge in [0.05, 0.1) is 0 Å². The van der Waals surface area contributed by atoms with Crippen LogP contribution >= 0.6 is 0 Å². The van der Waals surface area contributed by atoms with E-state index in [9.17, 15) is 14.4 Å². The number of nitrogens with one attached hydrogen (secondary N) is 2. The number of aromatic amines is 1. The number of likely N-dealkylation sites (tertiary alicyclic amines) is 1. The van der Waals surface area contributed by atoms with Gasteiger partial charge in [0.15, 0.2) is 0 Å². The minimum absolute atomic E-state index is 0.0482. The summed E-state index contributed by atoms with van der Waals surface area (Å²) < 4.78 is 1.19. The number of carbonyl (C=O) groups is 1. The first-order chi connectivity index (χ1) is 12.5. The van der Waals surface area contributed by atoms with Crippen molar-refractivity contribution in [3.05, 3.63) is 68.5 Å². The van der Waals surface area contributed by atoms with Gasteiger partial charge in [0.25, 0.3) is 11.5 Å². The van der Waals surface area contributed by atoms with Crippen LogP contribution in [0.15, 0.2) is 46.1 Å². The number of aromatic nitrogens is 2. The van der Waals surface area contributed by atoms with Gasteiger partial charge in [0.1, 0.15) is 5.56 Å². The van der Waals surface area contributed by atoms with Gasteiger partial charge in [-0.15, -0.1) is 0 Å². The average Bonchev–Trinajstić information content (AvgIpc) is 2.65. The van der Waals surface area contributed by atoms with Gasteiger partial charge in [0, 0.05) is 32.9 Å². The molecule has 7 heteroatoms. The Morgan fingerprint density at radius 3 is 2.81 bits per heavy atom. The molecule has 1 saturated heterocycles. The molecule has 2 heterocycles. The molecule has 0 saturated carbocycles. The van der Waals surface area contributed by atoms with E-state index in [1.807, 2.05) is 6.07 Å². The summed E-state index contributed by atoms with van der Waals surface area (Å²) in [7, 11) is 1.49. The zero-order valence-corrected chi connectivity index (χ0v) is 14.9. The molecule has 26 heavy (non-hydrogen) atoms. The van der Waals surface area contributed by atoms with Crippen LogP contribution in [0.1, 0.15) is 34.7 Å². The molecule has 1 aliphatic rings. The minimum atomic E-state index is -0.660. The second-order valence-electron chi connectivity index (χ2n) is 6.72. The van der Waals surface area contributed by atoms with Gasteiger partial charge in [-0.2, -0.15) is 0 Å². The third-order valence-corrected chi connectivity index (χ3v) is 4.84. The number of hydrogen-bond donors (Lipinski definition) is 2. The van der Waals surface area contributed by atoms with Crippen LogP contribution in [-0.4, -0.2) is 46.5 Å². The van der Waals surface area contributed by atoms with Crippen LogP contribution in [0.2, 0.25) is 0 Å². The van der Waals surface area contributed by atoms with Crippen molar-refractivity contribution >= 4 is 5.91 Å². The first-order valence-electron chi connectivity index (χ1n) is 8.90. The number of aryl methyl sites for hydroxylation is 1. The highest BCUT2D eigenvalue weighted by atomic mass is 16.2. The minimum Gasteiger partial charge on any atom is -0.351 e. The highest BCUT2D eigenvalue weighted by Crippen LogP contribution is 2.26. The first-order valence-corrected chi connectivity index (χ1v) is 8.90. The molecule has 0 spiro atoms. The van der Waals surface area contributed by atoms with Gasteiger partial charge in [0.2, 0.25) is 0 Å². The molecule has 2 N–H and O–H groups in total. The summed E-state index contributed by atoms with van der Waals surface area (Å²) >= 11 is 0. The lowest BCUT2D eigenvalue weighted by molar-refractivity contribution is 0.0943. The Morgan fingerprint density at radius 2 is 2.04 bits per heavy atom. The predicted molar refractivity (Wildman–Crippen MR) is 99.5 cm³/mol. The van der Waals surface area contributed by atoms with E-state index < -0.39 is 17.2 Å². The summed E-state index contributed by atoms with van der Waals surface area (Å²) in [6.45, 7) is 3.18. The van der Waals surface area contributed by atoms with E-state index in [2.05, 4.69) is 39.5 Å². The summed E-state index contributed by atoms with van der Waals surface area (Å²) in [5, 5.41) is 2.77. The quantitative estimate of drug-likeness (QED) is 0.825.